The van der Waals surface area contributed by atoms with Crippen LogP contribution in [0.1, 0.15) is 52.1 Å². The fraction of sp³-hybridized carbons (Fsp3) is 0.714. The van der Waals surface area contributed by atoms with E-state index in [1.807, 2.05) is 18.3 Å². The van der Waals surface area contributed by atoms with E-state index in [0.29, 0.717) is 6.04 Å². The van der Waals surface area contributed by atoms with Crippen molar-refractivity contribution >= 4 is 5.96 Å². The molecule has 1 atom stereocenters. The molecule has 26 heavy (non-hydrogen) atoms. The van der Waals surface area contributed by atoms with Gasteiger partial charge in [-0.3, -0.25) is 14.9 Å². The first-order valence-electron chi connectivity index (χ1n) is 10.4. The molecule has 2 heterocycles. The first-order valence-corrected chi connectivity index (χ1v) is 10.4. The van der Waals surface area contributed by atoms with Gasteiger partial charge in [-0.15, -0.1) is 0 Å². The number of likely N-dealkylation sites (tertiary alicyclic amines) is 1. The van der Waals surface area contributed by atoms with Gasteiger partial charge in [0.15, 0.2) is 5.96 Å². The zero-order chi connectivity index (χ0) is 18.6. The second kappa shape index (κ2) is 11.9. The van der Waals surface area contributed by atoms with E-state index in [1.165, 1.54) is 38.8 Å². The summed E-state index contributed by atoms with van der Waals surface area (Å²) in [6.45, 7) is 11.8. The summed E-state index contributed by atoms with van der Waals surface area (Å²) in [5.74, 6) is 1.66. The number of nitrogens with zero attached hydrogens (tertiary/aromatic N) is 3. The number of guanidine groups is 1. The Morgan fingerprint density at radius 1 is 1.15 bits per heavy atom. The maximum absolute atomic E-state index is 4.94. The maximum Gasteiger partial charge on any atom is 0.191 e. The summed E-state index contributed by atoms with van der Waals surface area (Å²) in [5.41, 5.74) is 1.11. The largest absolute Gasteiger partial charge is 0.357 e. The molecule has 0 spiro atoms. The number of aliphatic imine (C=N–C) groups is 1. The summed E-state index contributed by atoms with van der Waals surface area (Å²) in [6, 6.07) is 6.64. The highest BCUT2D eigenvalue weighted by Crippen LogP contribution is 2.23. The van der Waals surface area contributed by atoms with Crippen molar-refractivity contribution in [3.63, 3.8) is 0 Å². The van der Waals surface area contributed by atoms with Crippen molar-refractivity contribution in [2.75, 3.05) is 32.7 Å². The Hall–Kier alpha value is -1.62. The molecule has 0 aliphatic carbocycles. The van der Waals surface area contributed by atoms with Crippen molar-refractivity contribution in [1.29, 1.82) is 0 Å². The molecule has 1 fully saturated rings. The Balaban J connectivity index is 1.93. The minimum Gasteiger partial charge on any atom is -0.357 e. The lowest BCUT2D eigenvalue weighted by Gasteiger charge is -2.32. The van der Waals surface area contributed by atoms with Crippen molar-refractivity contribution in [1.82, 2.24) is 20.5 Å². The molecule has 0 saturated carbocycles. The van der Waals surface area contributed by atoms with E-state index < -0.39 is 0 Å². The Kier molecular flexibility index (Phi) is 9.46. The van der Waals surface area contributed by atoms with E-state index in [9.17, 15) is 0 Å². The molecule has 0 aromatic carbocycles. The molecule has 1 aliphatic heterocycles. The molecule has 146 valence electrons. The van der Waals surface area contributed by atoms with Crippen molar-refractivity contribution in [2.24, 2.45) is 10.9 Å². The Labute approximate surface area is 159 Å². The standard InChI is InChI=1S/C21H37N5/c1-4-18(5-2)20(26-15-9-10-16-26)17-25-21(22-6-3)24-14-12-19-11-7-8-13-23-19/h7-8,11,13,18,20H,4-6,9-10,12,14-17H2,1-3H3,(H2,22,24,25). The molecule has 5 heteroatoms. The maximum atomic E-state index is 4.94. The predicted molar refractivity (Wildman–Crippen MR) is 111 cm³/mol. The van der Waals surface area contributed by atoms with Crippen LogP contribution in [0.2, 0.25) is 0 Å². The third kappa shape index (κ3) is 6.60. The topological polar surface area (TPSA) is 52.6 Å². The summed E-state index contributed by atoms with van der Waals surface area (Å²) in [6.07, 6.45) is 7.90. The second-order valence-corrected chi connectivity index (χ2v) is 7.10. The van der Waals surface area contributed by atoms with Gasteiger partial charge in [0.1, 0.15) is 0 Å². The third-order valence-electron chi connectivity index (χ3n) is 5.38. The van der Waals surface area contributed by atoms with E-state index in [-0.39, 0.29) is 0 Å². The Bertz CT molecular complexity index is 504. The average molecular weight is 360 g/mol. The minimum atomic E-state index is 0.568. The lowest BCUT2D eigenvalue weighted by atomic mass is 9.93. The smallest absolute Gasteiger partial charge is 0.191 e. The van der Waals surface area contributed by atoms with Gasteiger partial charge in [-0.05, 0) is 50.9 Å². The van der Waals surface area contributed by atoms with Crippen molar-refractivity contribution in [2.45, 2.75) is 58.9 Å². The molecule has 5 nitrogen and oxygen atoms in total. The molecular weight excluding hydrogens is 322 g/mol. The molecule has 2 rings (SSSR count). The fourth-order valence-electron chi connectivity index (χ4n) is 3.85. The Morgan fingerprint density at radius 2 is 1.92 bits per heavy atom. The highest BCUT2D eigenvalue weighted by atomic mass is 15.2. The van der Waals surface area contributed by atoms with E-state index >= 15 is 0 Å². The van der Waals surface area contributed by atoms with Gasteiger partial charge in [0.25, 0.3) is 0 Å². The van der Waals surface area contributed by atoms with E-state index in [4.69, 9.17) is 4.99 Å². The highest BCUT2D eigenvalue weighted by Gasteiger charge is 2.27. The molecular formula is C21H37N5. The zero-order valence-corrected chi connectivity index (χ0v) is 16.9. The minimum absolute atomic E-state index is 0.568. The highest BCUT2D eigenvalue weighted by molar-refractivity contribution is 5.79. The molecule has 1 aliphatic rings. The number of nitrogens with one attached hydrogen (secondary N) is 2. The fourth-order valence-corrected chi connectivity index (χ4v) is 3.85. The predicted octanol–water partition coefficient (Wildman–Crippen LogP) is 3.08. The number of pyridine rings is 1. The van der Waals surface area contributed by atoms with Crippen molar-refractivity contribution in [3.05, 3.63) is 30.1 Å². The first-order chi connectivity index (χ1) is 12.8. The quantitative estimate of drug-likeness (QED) is 0.498. The molecule has 1 aromatic rings. The van der Waals surface area contributed by atoms with Crippen molar-refractivity contribution < 1.29 is 0 Å². The summed E-state index contributed by atoms with van der Waals surface area (Å²) in [5, 5.41) is 6.86. The molecule has 0 radical (unpaired) electrons. The summed E-state index contributed by atoms with van der Waals surface area (Å²) >= 11 is 0. The van der Waals surface area contributed by atoms with Crippen molar-refractivity contribution in [3.8, 4) is 0 Å². The second-order valence-electron chi connectivity index (χ2n) is 7.10. The number of aromatic nitrogens is 1. The SMILES string of the molecule is CCNC(=NCC(C(CC)CC)N1CCCC1)NCCc1ccccn1. The lowest BCUT2D eigenvalue weighted by Crippen LogP contribution is -2.43. The van der Waals surface area contributed by atoms with Crippen LogP contribution in [0.25, 0.3) is 0 Å². The number of hydrogen-bond acceptors (Lipinski definition) is 3. The molecule has 1 saturated heterocycles. The Morgan fingerprint density at radius 3 is 2.54 bits per heavy atom. The average Bonchev–Trinajstić information content (AvgIpc) is 3.20. The van der Waals surface area contributed by atoms with Gasteiger partial charge in [0.05, 0.1) is 6.54 Å². The summed E-state index contributed by atoms with van der Waals surface area (Å²) < 4.78 is 0. The summed E-state index contributed by atoms with van der Waals surface area (Å²) in [4.78, 5) is 12.0. The van der Waals surface area contributed by atoms with Crippen LogP contribution in [0.4, 0.5) is 0 Å². The van der Waals surface area contributed by atoms with Crippen LogP contribution in [-0.2, 0) is 6.42 Å². The van der Waals surface area contributed by atoms with Gasteiger partial charge in [-0.25, -0.2) is 0 Å². The lowest BCUT2D eigenvalue weighted by molar-refractivity contribution is 0.172. The van der Waals surface area contributed by atoms with Crippen LogP contribution >= 0.6 is 0 Å². The first kappa shape index (κ1) is 20.7. The van der Waals surface area contributed by atoms with Crippen LogP contribution in [-0.4, -0.2) is 54.6 Å². The van der Waals surface area contributed by atoms with Gasteiger partial charge in [-0.2, -0.15) is 0 Å². The normalized spacial score (nSPS) is 16.8. The van der Waals surface area contributed by atoms with Gasteiger partial charge < -0.3 is 10.6 Å². The molecule has 0 amide bonds. The van der Waals surface area contributed by atoms with Gasteiger partial charge in [-0.1, -0.05) is 32.8 Å². The van der Waals surface area contributed by atoms with Gasteiger partial charge in [0.2, 0.25) is 0 Å². The third-order valence-corrected chi connectivity index (χ3v) is 5.38. The molecule has 2 N–H and O–H groups in total. The number of rotatable bonds is 10. The van der Waals surface area contributed by atoms with Gasteiger partial charge in [0, 0.05) is 37.4 Å². The van der Waals surface area contributed by atoms with Crippen LogP contribution in [0.15, 0.2) is 29.4 Å². The zero-order valence-electron chi connectivity index (χ0n) is 16.9. The molecule has 1 unspecified atom stereocenters. The van der Waals surface area contributed by atoms with Crippen LogP contribution in [0, 0.1) is 5.92 Å². The van der Waals surface area contributed by atoms with Crippen LogP contribution < -0.4 is 10.6 Å². The van der Waals surface area contributed by atoms with E-state index in [1.54, 1.807) is 0 Å². The molecule has 1 aromatic heterocycles. The molecule has 0 bridgehead atoms. The number of hydrogen-bond donors (Lipinski definition) is 2. The monoisotopic (exact) mass is 359 g/mol. The van der Waals surface area contributed by atoms with Crippen LogP contribution in [0.5, 0.6) is 0 Å². The van der Waals surface area contributed by atoms with Gasteiger partial charge >= 0.3 is 0 Å². The summed E-state index contributed by atoms with van der Waals surface area (Å²) in [7, 11) is 0. The van der Waals surface area contributed by atoms with Crippen LogP contribution in [0.3, 0.4) is 0 Å². The van der Waals surface area contributed by atoms with E-state index in [0.717, 1.165) is 43.6 Å². The van der Waals surface area contributed by atoms with E-state index in [2.05, 4.69) is 47.4 Å².